The molecule has 4 rings (SSSR count). The minimum Gasteiger partial charge on any atom is -0.481 e. The zero-order valence-electron chi connectivity index (χ0n) is 17.3. The number of carbonyl (C=O) groups is 1. The first-order valence-electron chi connectivity index (χ1n) is 9.99. The van der Waals surface area contributed by atoms with Gasteiger partial charge in [-0.3, -0.25) is 9.59 Å². The lowest BCUT2D eigenvalue weighted by molar-refractivity contribution is -0.127. The lowest BCUT2D eigenvalue weighted by Crippen LogP contribution is -2.39. The molecule has 1 amide bonds. The van der Waals surface area contributed by atoms with Crippen LogP contribution in [0.3, 0.4) is 0 Å². The minimum absolute atomic E-state index is 0.174. The van der Waals surface area contributed by atoms with Crippen molar-refractivity contribution in [2.45, 2.75) is 26.5 Å². The number of ether oxygens (including phenoxy) is 3. The predicted molar refractivity (Wildman–Crippen MR) is 114 cm³/mol. The highest BCUT2D eigenvalue weighted by molar-refractivity contribution is 5.80. The van der Waals surface area contributed by atoms with Crippen molar-refractivity contribution in [2.24, 2.45) is 0 Å². The minimum atomic E-state index is -0.719. The van der Waals surface area contributed by atoms with Crippen molar-refractivity contribution < 1.29 is 19.0 Å². The highest BCUT2D eigenvalue weighted by atomic mass is 16.7. The number of amides is 1. The predicted octanol–water partition coefficient (Wildman–Crippen LogP) is 2.53. The summed E-state index contributed by atoms with van der Waals surface area (Å²) >= 11 is 0. The molecule has 3 aromatic rings. The molecular weight excluding hydrogens is 398 g/mol. The van der Waals surface area contributed by atoms with Gasteiger partial charge in [0, 0.05) is 24.2 Å². The standard InChI is InChI=1S/C23H23N3O5/c1-15-3-5-17(6-4-15)19-8-10-22(27)26(25-19)12-11-24-23(28)16(2)31-18-7-9-20-21(13-18)30-14-29-20/h3-10,13,16H,11-12,14H2,1-2H3,(H,24,28). The van der Waals surface area contributed by atoms with Crippen LogP contribution < -0.4 is 25.1 Å². The van der Waals surface area contributed by atoms with Crippen LogP contribution in [0.2, 0.25) is 0 Å². The van der Waals surface area contributed by atoms with Gasteiger partial charge in [0.1, 0.15) is 5.75 Å². The molecule has 1 aliphatic heterocycles. The van der Waals surface area contributed by atoms with Gasteiger partial charge in [-0.15, -0.1) is 0 Å². The van der Waals surface area contributed by atoms with Gasteiger partial charge in [0.2, 0.25) is 6.79 Å². The Kier molecular flexibility index (Phi) is 5.88. The third kappa shape index (κ3) is 4.85. The molecule has 1 N–H and O–H groups in total. The molecule has 8 nitrogen and oxygen atoms in total. The maximum atomic E-state index is 12.4. The van der Waals surface area contributed by atoms with Crippen LogP contribution in [0.25, 0.3) is 11.3 Å². The average Bonchev–Trinajstić information content (AvgIpc) is 3.23. The second kappa shape index (κ2) is 8.91. The van der Waals surface area contributed by atoms with Crippen molar-refractivity contribution in [3.63, 3.8) is 0 Å². The summed E-state index contributed by atoms with van der Waals surface area (Å²) in [4.78, 5) is 24.5. The molecule has 0 saturated heterocycles. The smallest absolute Gasteiger partial charge is 0.266 e. The van der Waals surface area contributed by atoms with Gasteiger partial charge in [0.05, 0.1) is 12.2 Å². The van der Waals surface area contributed by atoms with E-state index in [0.29, 0.717) is 22.9 Å². The van der Waals surface area contributed by atoms with Gasteiger partial charge in [0.25, 0.3) is 11.5 Å². The highest BCUT2D eigenvalue weighted by Gasteiger charge is 2.18. The zero-order valence-corrected chi connectivity index (χ0v) is 17.3. The summed E-state index contributed by atoms with van der Waals surface area (Å²) in [6.45, 7) is 4.34. The van der Waals surface area contributed by atoms with Gasteiger partial charge in [-0.05, 0) is 32.0 Å². The molecule has 0 fully saturated rings. The second-order valence-corrected chi connectivity index (χ2v) is 7.21. The van der Waals surface area contributed by atoms with Crippen LogP contribution in [-0.2, 0) is 11.3 Å². The number of aromatic nitrogens is 2. The molecule has 1 aliphatic rings. The Hall–Kier alpha value is -3.81. The number of benzene rings is 2. The number of aryl methyl sites for hydroxylation is 1. The third-order valence-electron chi connectivity index (χ3n) is 4.86. The Labute approximate surface area is 179 Å². The lowest BCUT2D eigenvalue weighted by atomic mass is 10.1. The number of fused-ring (bicyclic) bond motifs is 1. The number of nitrogens with zero attached hydrogens (tertiary/aromatic N) is 2. The van der Waals surface area contributed by atoms with Gasteiger partial charge < -0.3 is 19.5 Å². The normalized spacial score (nSPS) is 13.0. The first-order valence-corrected chi connectivity index (χ1v) is 9.99. The molecule has 2 heterocycles. The van der Waals surface area contributed by atoms with E-state index in [9.17, 15) is 9.59 Å². The second-order valence-electron chi connectivity index (χ2n) is 7.21. The number of nitrogens with one attached hydrogen (secondary N) is 1. The van der Waals surface area contributed by atoms with E-state index in [1.165, 1.54) is 10.7 Å². The maximum absolute atomic E-state index is 12.4. The number of rotatable bonds is 7. The molecule has 1 aromatic heterocycles. The maximum Gasteiger partial charge on any atom is 0.266 e. The fraction of sp³-hybridized carbons (Fsp3) is 0.261. The summed E-state index contributed by atoms with van der Waals surface area (Å²) in [5.74, 6) is 1.45. The molecule has 1 unspecified atom stereocenters. The van der Waals surface area contributed by atoms with Crippen LogP contribution in [0, 0.1) is 6.92 Å². The van der Waals surface area contributed by atoms with Crippen LogP contribution in [0.1, 0.15) is 12.5 Å². The van der Waals surface area contributed by atoms with E-state index < -0.39 is 6.10 Å². The Balaban J connectivity index is 1.33. The average molecular weight is 421 g/mol. The summed E-state index contributed by atoms with van der Waals surface area (Å²) in [7, 11) is 0. The topological polar surface area (TPSA) is 91.7 Å². The molecule has 1 atom stereocenters. The zero-order chi connectivity index (χ0) is 21.8. The summed E-state index contributed by atoms with van der Waals surface area (Å²) in [6, 6.07) is 16.2. The summed E-state index contributed by atoms with van der Waals surface area (Å²) in [5.41, 5.74) is 2.55. The molecule has 0 radical (unpaired) electrons. The van der Waals surface area contributed by atoms with Crippen molar-refractivity contribution in [1.29, 1.82) is 0 Å². The molecule has 0 spiro atoms. The van der Waals surface area contributed by atoms with Crippen molar-refractivity contribution in [3.8, 4) is 28.5 Å². The third-order valence-corrected chi connectivity index (χ3v) is 4.86. The van der Waals surface area contributed by atoms with E-state index in [2.05, 4.69) is 10.4 Å². The van der Waals surface area contributed by atoms with Crippen LogP contribution in [0.5, 0.6) is 17.2 Å². The fourth-order valence-electron chi connectivity index (χ4n) is 3.12. The van der Waals surface area contributed by atoms with Crippen LogP contribution in [0.15, 0.2) is 59.4 Å². The van der Waals surface area contributed by atoms with Gasteiger partial charge in [-0.25, -0.2) is 4.68 Å². The molecule has 8 heteroatoms. The first kappa shape index (κ1) is 20.5. The molecule has 0 aliphatic carbocycles. The Morgan fingerprint density at radius 1 is 1.13 bits per heavy atom. The highest BCUT2D eigenvalue weighted by Crippen LogP contribution is 2.35. The molecule has 0 bridgehead atoms. The monoisotopic (exact) mass is 421 g/mol. The quantitative estimate of drug-likeness (QED) is 0.630. The molecule has 0 saturated carbocycles. The molecular formula is C23H23N3O5. The van der Waals surface area contributed by atoms with Crippen molar-refractivity contribution in [3.05, 3.63) is 70.5 Å². The van der Waals surface area contributed by atoms with Crippen molar-refractivity contribution >= 4 is 5.91 Å². The van der Waals surface area contributed by atoms with Crippen molar-refractivity contribution in [1.82, 2.24) is 15.1 Å². The summed E-state index contributed by atoms with van der Waals surface area (Å²) in [6.07, 6.45) is -0.719. The van der Waals surface area contributed by atoms with E-state index in [-0.39, 0.29) is 31.3 Å². The SMILES string of the molecule is Cc1ccc(-c2ccc(=O)n(CCNC(=O)C(C)Oc3ccc4c(c3)OCO4)n2)cc1. The van der Waals surface area contributed by atoms with E-state index in [1.54, 1.807) is 31.2 Å². The van der Waals surface area contributed by atoms with Gasteiger partial charge >= 0.3 is 0 Å². The van der Waals surface area contributed by atoms with Crippen LogP contribution in [0.4, 0.5) is 0 Å². The van der Waals surface area contributed by atoms with E-state index in [4.69, 9.17) is 14.2 Å². The Morgan fingerprint density at radius 2 is 1.90 bits per heavy atom. The number of hydrogen-bond acceptors (Lipinski definition) is 6. The lowest BCUT2D eigenvalue weighted by Gasteiger charge is -2.15. The van der Waals surface area contributed by atoms with Crippen molar-refractivity contribution in [2.75, 3.05) is 13.3 Å². The summed E-state index contributed by atoms with van der Waals surface area (Å²) < 4.78 is 17.6. The number of hydrogen-bond donors (Lipinski definition) is 1. The summed E-state index contributed by atoms with van der Waals surface area (Å²) in [5, 5.41) is 7.19. The molecule has 31 heavy (non-hydrogen) atoms. The fourth-order valence-corrected chi connectivity index (χ4v) is 3.12. The van der Waals surface area contributed by atoms with Gasteiger partial charge in [-0.2, -0.15) is 5.10 Å². The van der Waals surface area contributed by atoms with E-state index in [0.717, 1.165) is 11.1 Å². The molecule has 160 valence electrons. The molecule has 2 aromatic carbocycles. The van der Waals surface area contributed by atoms with Gasteiger partial charge in [0.15, 0.2) is 17.6 Å². The number of carbonyl (C=O) groups excluding carboxylic acids is 1. The van der Waals surface area contributed by atoms with Crippen LogP contribution >= 0.6 is 0 Å². The van der Waals surface area contributed by atoms with E-state index >= 15 is 0 Å². The van der Waals surface area contributed by atoms with Crippen LogP contribution in [-0.4, -0.2) is 35.1 Å². The Bertz CT molecular complexity index is 1140. The van der Waals surface area contributed by atoms with Gasteiger partial charge in [-0.1, -0.05) is 29.8 Å². The first-order chi connectivity index (χ1) is 15.0. The van der Waals surface area contributed by atoms with E-state index in [1.807, 2.05) is 31.2 Å². The largest absolute Gasteiger partial charge is 0.481 e. The Morgan fingerprint density at radius 3 is 2.71 bits per heavy atom.